The molecular weight excluding hydrogens is 310 g/mol. The minimum absolute atomic E-state index is 0.101. The van der Waals surface area contributed by atoms with Crippen LogP contribution in [0.2, 0.25) is 0 Å². The van der Waals surface area contributed by atoms with Crippen molar-refractivity contribution in [1.29, 1.82) is 0 Å². The van der Waals surface area contributed by atoms with Crippen molar-refractivity contribution < 1.29 is 23.8 Å². The SMILES string of the molecule is CCOC(=O)CCN(CC(C)C)C(=O)COc1ccccc1OC. The maximum absolute atomic E-state index is 12.4. The number of esters is 1. The van der Waals surface area contributed by atoms with Crippen molar-refractivity contribution in [3.63, 3.8) is 0 Å². The Bertz CT molecular complexity index is 530. The van der Waals surface area contributed by atoms with E-state index in [-0.39, 0.29) is 24.9 Å². The summed E-state index contributed by atoms with van der Waals surface area (Å²) >= 11 is 0. The van der Waals surface area contributed by atoms with Crippen LogP contribution in [-0.4, -0.2) is 50.2 Å². The molecule has 1 aromatic rings. The number of nitrogens with zero attached hydrogens (tertiary/aromatic N) is 1. The molecule has 0 spiro atoms. The quantitative estimate of drug-likeness (QED) is 0.614. The topological polar surface area (TPSA) is 65.1 Å². The Balaban J connectivity index is 2.61. The van der Waals surface area contributed by atoms with Gasteiger partial charge in [0, 0.05) is 13.1 Å². The van der Waals surface area contributed by atoms with Crippen LogP contribution in [0.5, 0.6) is 11.5 Å². The first-order valence-corrected chi connectivity index (χ1v) is 8.17. The number of amides is 1. The molecule has 0 unspecified atom stereocenters. The van der Waals surface area contributed by atoms with E-state index in [0.29, 0.717) is 37.1 Å². The van der Waals surface area contributed by atoms with Crippen molar-refractivity contribution in [3.05, 3.63) is 24.3 Å². The summed E-state index contributed by atoms with van der Waals surface area (Å²) in [4.78, 5) is 25.6. The molecule has 0 heterocycles. The van der Waals surface area contributed by atoms with Gasteiger partial charge in [-0.1, -0.05) is 26.0 Å². The molecule has 1 rings (SSSR count). The predicted octanol–water partition coefficient (Wildman–Crippen LogP) is 2.51. The van der Waals surface area contributed by atoms with Gasteiger partial charge < -0.3 is 19.1 Å². The van der Waals surface area contributed by atoms with Gasteiger partial charge in [0.25, 0.3) is 5.91 Å². The summed E-state index contributed by atoms with van der Waals surface area (Å²) < 4.78 is 15.7. The van der Waals surface area contributed by atoms with Crippen molar-refractivity contribution in [2.45, 2.75) is 27.2 Å². The lowest BCUT2D eigenvalue weighted by Crippen LogP contribution is -2.39. The Morgan fingerprint density at radius 3 is 2.42 bits per heavy atom. The van der Waals surface area contributed by atoms with Gasteiger partial charge in [-0.2, -0.15) is 0 Å². The standard InChI is InChI=1S/C18H27NO5/c1-5-23-18(21)10-11-19(12-14(2)3)17(20)13-24-16-9-7-6-8-15(16)22-4/h6-9,14H,5,10-13H2,1-4H3. The first-order chi connectivity index (χ1) is 11.5. The Morgan fingerprint density at radius 1 is 1.17 bits per heavy atom. The molecule has 0 bridgehead atoms. The van der Waals surface area contributed by atoms with Gasteiger partial charge in [-0.25, -0.2) is 0 Å². The smallest absolute Gasteiger partial charge is 0.307 e. The first kappa shape index (κ1) is 19.8. The van der Waals surface area contributed by atoms with E-state index >= 15 is 0 Å². The Hall–Kier alpha value is -2.24. The van der Waals surface area contributed by atoms with E-state index in [0.717, 1.165) is 0 Å². The Morgan fingerprint density at radius 2 is 1.83 bits per heavy atom. The normalized spacial score (nSPS) is 10.4. The van der Waals surface area contributed by atoms with Crippen LogP contribution >= 0.6 is 0 Å². The predicted molar refractivity (Wildman–Crippen MR) is 91.2 cm³/mol. The molecule has 6 heteroatoms. The van der Waals surface area contributed by atoms with Gasteiger partial charge in [-0.15, -0.1) is 0 Å². The monoisotopic (exact) mass is 337 g/mol. The summed E-state index contributed by atoms with van der Waals surface area (Å²) in [6.07, 6.45) is 0.182. The molecule has 134 valence electrons. The number of ether oxygens (including phenoxy) is 3. The zero-order valence-electron chi connectivity index (χ0n) is 14.9. The molecule has 6 nitrogen and oxygen atoms in total. The lowest BCUT2D eigenvalue weighted by molar-refractivity contribution is -0.144. The zero-order chi connectivity index (χ0) is 17.9. The molecule has 1 amide bonds. The average Bonchev–Trinajstić information content (AvgIpc) is 2.56. The third-order valence-electron chi connectivity index (χ3n) is 3.25. The van der Waals surface area contributed by atoms with E-state index in [9.17, 15) is 9.59 Å². The van der Waals surface area contributed by atoms with Crippen molar-refractivity contribution in [3.8, 4) is 11.5 Å². The summed E-state index contributed by atoms with van der Waals surface area (Å²) in [5, 5.41) is 0. The molecule has 0 atom stereocenters. The van der Waals surface area contributed by atoms with Crippen molar-refractivity contribution in [2.75, 3.05) is 33.4 Å². The molecule has 0 aliphatic carbocycles. The third kappa shape index (κ3) is 6.89. The molecule has 0 aliphatic rings. The molecule has 0 radical (unpaired) electrons. The van der Waals surface area contributed by atoms with E-state index in [1.165, 1.54) is 0 Å². The summed E-state index contributed by atoms with van der Waals surface area (Å²) in [7, 11) is 1.55. The number of methoxy groups -OCH3 is 1. The van der Waals surface area contributed by atoms with Crippen LogP contribution < -0.4 is 9.47 Å². The fourth-order valence-corrected chi connectivity index (χ4v) is 2.19. The van der Waals surface area contributed by atoms with Gasteiger partial charge in [0.05, 0.1) is 20.1 Å². The first-order valence-electron chi connectivity index (χ1n) is 8.17. The van der Waals surface area contributed by atoms with E-state index in [1.807, 2.05) is 26.0 Å². The average molecular weight is 337 g/mol. The highest BCUT2D eigenvalue weighted by Crippen LogP contribution is 2.25. The molecule has 0 aromatic heterocycles. The molecule has 0 N–H and O–H groups in total. The van der Waals surface area contributed by atoms with E-state index < -0.39 is 0 Å². The Kier molecular flexibility index (Phi) is 8.68. The molecule has 1 aromatic carbocycles. The minimum Gasteiger partial charge on any atom is -0.493 e. The summed E-state index contributed by atoms with van der Waals surface area (Å²) in [5.41, 5.74) is 0. The van der Waals surface area contributed by atoms with Crippen LogP contribution in [0, 0.1) is 5.92 Å². The highest BCUT2D eigenvalue weighted by Gasteiger charge is 2.18. The fourth-order valence-electron chi connectivity index (χ4n) is 2.19. The molecule has 0 saturated carbocycles. The minimum atomic E-state index is -0.301. The zero-order valence-corrected chi connectivity index (χ0v) is 14.9. The van der Waals surface area contributed by atoms with Crippen molar-refractivity contribution in [2.24, 2.45) is 5.92 Å². The van der Waals surface area contributed by atoms with Crippen molar-refractivity contribution in [1.82, 2.24) is 4.90 Å². The maximum atomic E-state index is 12.4. The highest BCUT2D eigenvalue weighted by molar-refractivity contribution is 5.78. The molecule has 0 saturated heterocycles. The van der Waals surface area contributed by atoms with Gasteiger partial charge in [0.1, 0.15) is 0 Å². The molecule has 0 aliphatic heterocycles. The van der Waals surface area contributed by atoms with Crippen LogP contribution in [-0.2, 0) is 14.3 Å². The van der Waals surface area contributed by atoms with Crippen LogP contribution in [0.1, 0.15) is 27.2 Å². The van der Waals surface area contributed by atoms with E-state index in [1.54, 1.807) is 31.1 Å². The van der Waals surface area contributed by atoms with Gasteiger partial charge in [0.15, 0.2) is 18.1 Å². The summed E-state index contributed by atoms with van der Waals surface area (Å²) in [5.74, 6) is 0.918. The van der Waals surface area contributed by atoms with E-state index in [2.05, 4.69) is 0 Å². The van der Waals surface area contributed by atoms with Gasteiger partial charge in [-0.3, -0.25) is 9.59 Å². The van der Waals surface area contributed by atoms with Crippen molar-refractivity contribution >= 4 is 11.9 Å². The highest BCUT2D eigenvalue weighted by atomic mass is 16.5. The number of carbonyl (C=O) groups is 2. The van der Waals surface area contributed by atoms with Gasteiger partial charge in [0.2, 0.25) is 0 Å². The number of para-hydroxylation sites is 2. The molecule has 24 heavy (non-hydrogen) atoms. The van der Waals surface area contributed by atoms with Gasteiger partial charge in [-0.05, 0) is 25.0 Å². The van der Waals surface area contributed by atoms with Gasteiger partial charge >= 0.3 is 5.97 Å². The summed E-state index contributed by atoms with van der Waals surface area (Å²) in [6, 6.07) is 7.16. The van der Waals surface area contributed by atoms with E-state index in [4.69, 9.17) is 14.2 Å². The molecule has 0 fully saturated rings. The Labute approximate surface area is 143 Å². The van der Waals surface area contributed by atoms with Crippen LogP contribution in [0.3, 0.4) is 0 Å². The maximum Gasteiger partial charge on any atom is 0.307 e. The van der Waals surface area contributed by atoms with Crippen LogP contribution in [0.25, 0.3) is 0 Å². The lowest BCUT2D eigenvalue weighted by Gasteiger charge is -2.24. The largest absolute Gasteiger partial charge is 0.493 e. The summed E-state index contributed by atoms with van der Waals surface area (Å²) in [6.45, 7) is 6.93. The van der Waals surface area contributed by atoms with Crippen LogP contribution in [0.15, 0.2) is 24.3 Å². The number of benzene rings is 1. The fraction of sp³-hybridized carbons (Fsp3) is 0.556. The second-order valence-electron chi connectivity index (χ2n) is 5.73. The molecular formula is C18H27NO5. The second-order valence-corrected chi connectivity index (χ2v) is 5.73. The third-order valence-corrected chi connectivity index (χ3v) is 3.25. The number of carbonyl (C=O) groups excluding carboxylic acids is 2. The number of rotatable bonds is 10. The number of hydrogen-bond donors (Lipinski definition) is 0. The lowest BCUT2D eigenvalue weighted by atomic mass is 10.2. The second kappa shape index (κ2) is 10.5. The number of hydrogen-bond acceptors (Lipinski definition) is 5. The van der Waals surface area contributed by atoms with Crippen LogP contribution in [0.4, 0.5) is 0 Å².